The van der Waals surface area contributed by atoms with Crippen LogP contribution in [0.3, 0.4) is 0 Å². The molecule has 6 nitrogen and oxygen atoms in total. The first-order valence-electron chi connectivity index (χ1n) is 10.3. The summed E-state index contributed by atoms with van der Waals surface area (Å²) in [6, 6.07) is 10.2. The molecule has 1 aromatic carbocycles. The average molecular weight is 388 g/mol. The van der Waals surface area contributed by atoms with Crippen molar-refractivity contribution in [3.63, 3.8) is 0 Å². The number of nitrogens with zero attached hydrogens (tertiary/aromatic N) is 2. The van der Waals surface area contributed by atoms with Crippen molar-refractivity contribution in [1.82, 2.24) is 15.1 Å². The molecule has 2 heterocycles. The highest BCUT2D eigenvalue weighted by atomic mass is 16.6. The number of ether oxygens (including phenoxy) is 1. The Bertz CT molecular complexity index is 686. The van der Waals surface area contributed by atoms with E-state index in [4.69, 9.17) is 4.74 Å². The first-order valence-corrected chi connectivity index (χ1v) is 10.3. The summed E-state index contributed by atoms with van der Waals surface area (Å²) >= 11 is 0. The Kier molecular flexibility index (Phi) is 6.28. The van der Waals surface area contributed by atoms with Gasteiger partial charge in [0.2, 0.25) is 5.91 Å². The number of amides is 2. The fourth-order valence-electron chi connectivity index (χ4n) is 4.11. The van der Waals surface area contributed by atoms with Crippen LogP contribution in [0.5, 0.6) is 0 Å². The number of rotatable bonds is 4. The molecule has 1 unspecified atom stereocenters. The fraction of sp³-hybridized carbons (Fsp3) is 0.636. The van der Waals surface area contributed by atoms with E-state index < -0.39 is 11.7 Å². The topological polar surface area (TPSA) is 61.9 Å². The normalized spacial score (nSPS) is 26.4. The summed E-state index contributed by atoms with van der Waals surface area (Å²) in [6.45, 7) is 10.7. The summed E-state index contributed by atoms with van der Waals surface area (Å²) in [4.78, 5) is 29.4. The van der Waals surface area contributed by atoms with Crippen LogP contribution in [0, 0.1) is 5.92 Å². The summed E-state index contributed by atoms with van der Waals surface area (Å²) in [5, 5.41) is 3.03. The van der Waals surface area contributed by atoms with Gasteiger partial charge in [-0.05, 0) is 38.7 Å². The van der Waals surface area contributed by atoms with Crippen LogP contribution in [0.25, 0.3) is 0 Å². The monoisotopic (exact) mass is 387 g/mol. The minimum Gasteiger partial charge on any atom is -0.444 e. The van der Waals surface area contributed by atoms with Crippen LogP contribution in [-0.4, -0.2) is 59.1 Å². The van der Waals surface area contributed by atoms with Gasteiger partial charge in [0.25, 0.3) is 0 Å². The molecule has 3 rings (SSSR count). The van der Waals surface area contributed by atoms with Crippen molar-refractivity contribution in [2.24, 2.45) is 5.92 Å². The van der Waals surface area contributed by atoms with Crippen LogP contribution in [0.2, 0.25) is 0 Å². The predicted molar refractivity (Wildman–Crippen MR) is 109 cm³/mol. The van der Waals surface area contributed by atoms with Gasteiger partial charge >= 0.3 is 6.09 Å². The largest absolute Gasteiger partial charge is 0.444 e. The maximum Gasteiger partial charge on any atom is 0.407 e. The van der Waals surface area contributed by atoms with Gasteiger partial charge in [0, 0.05) is 32.6 Å². The molecule has 2 aliphatic heterocycles. The second kappa shape index (κ2) is 8.52. The fourth-order valence-corrected chi connectivity index (χ4v) is 4.11. The van der Waals surface area contributed by atoms with E-state index in [-0.39, 0.29) is 18.0 Å². The minimum absolute atomic E-state index is 0.0174. The lowest BCUT2D eigenvalue weighted by molar-refractivity contribution is -0.137. The van der Waals surface area contributed by atoms with E-state index in [1.807, 2.05) is 43.9 Å². The van der Waals surface area contributed by atoms with Crippen molar-refractivity contribution in [3.8, 4) is 0 Å². The number of alkyl carbamates (subject to hydrolysis) is 1. The van der Waals surface area contributed by atoms with Crippen molar-refractivity contribution >= 4 is 12.0 Å². The number of benzene rings is 1. The number of hydrogen-bond acceptors (Lipinski definition) is 4. The lowest BCUT2D eigenvalue weighted by Gasteiger charge is -2.37. The van der Waals surface area contributed by atoms with Crippen LogP contribution in [0.4, 0.5) is 4.79 Å². The molecule has 154 valence electrons. The van der Waals surface area contributed by atoms with E-state index >= 15 is 0 Å². The van der Waals surface area contributed by atoms with Gasteiger partial charge in [-0.3, -0.25) is 9.69 Å². The van der Waals surface area contributed by atoms with Crippen molar-refractivity contribution < 1.29 is 14.3 Å². The Morgan fingerprint density at radius 1 is 1.21 bits per heavy atom. The van der Waals surface area contributed by atoms with Gasteiger partial charge in [0.05, 0.1) is 12.1 Å². The molecule has 0 bridgehead atoms. The van der Waals surface area contributed by atoms with Crippen LogP contribution in [-0.2, 0) is 16.1 Å². The van der Waals surface area contributed by atoms with Gasteiger partial charge in [-0.25, -0.2) is 4.79 Å². The molecular weight excluding hydrogens is 354 g/mol. The Labute approximate surface area is 168 Å². The molecular formula is C22H33N3O3. The number of piperidine rings is 1. The summed E-state index contributed by atoms with van der Waals surface area (Å²) in [5.74, 6) is 0.629. The van der Waals surface area contributed by atoms with Crippen LogP contribution in [0.15, 0.2) is 30.3 Å². The summed E-state index contributed by atoms with van der Waals surface area (Å²) < 4.78 is 5.46. The standard InChI is InChI=1S/C22H33N3O3/c1-16-10-11-25(20(26)12-16)19-15-24(13-17-8-6-5-7-9-17)14-18(19)23-21(27)28-22(2,3)4/h5-9,16,18-19H,10-15H2,1-4H3,(H,23,27)/t16?,18-,19+/m0/s1. The molecule has 2 fully saturated rings. The summed E-state index contributed by atoms with van der Waals surface area (Å²) in [5.41, 5.74) is 0.691. The second-order valence-corrected chi connectivity index (χ2v) is 9.18. The van der Waals surface area contributed by atoms with Gasteiger partial charge in [0.15, 0.2) is 0 Å². The maximum absolute atomic E-state index is 12.7. The minimum atomic E-state index is -0.543. The van der Waals surface area contributed by atoms with E-state index in [2.05, 4.69) is 29.3 Å². The Morgan fingerprint density at radius 3 is 2.57 bits per heavy atom. The molecule has 0 saturated carbocycles. The summed E-state index contributed by atoms with van der Waals surface area (Å²) in [6.07, 6.45) is 1.19. The highest BCUT2D eigenvalue weighted by molar-refractivity contribution is 5.78. The number of likely N-dealkylation sites (tertiary alicyclic amines) is 2. The number of carbonyl (C=O) groups is 2. The molecule has 1 N–H and O–H groups in total. The van der Waals surface area contributed by atoms with Crippen molar-refractivity contribution in [1.29, 1.82) is 0 Å². The van der Waals surface area contributed by atoms with Gasteiger partial charge in [-0.15, -0.1) is 0 Å². The number of hydrogen-bond donors (Lipinski definition) is 1. The average Bonchev–Trinajstić information content (AvgIpc) is 2.96. The van der Waals surface area contributed by atoms with E-state index in [0.29, 0.717) is 18.9 Å². The molecule has 0 spiro atoms. The third kappa shape index (κ3) is 5.47. The zero-order valence-corrected chi connectivity index (χ0v) is 17.5. The lowest BCUT2D eigenvalue weighted by Crippen LogP contribution is -2.55. The van der Waals surface area contributed by atoms with Crippen molar-refractivity contribution in [2.75, 3.05) is 19.6 Å². The third-order valence-corrected chi connectivity index (χ3v) is 5.42. The van der Waals surface area contributed by atoms with E-state index in [9.17, 15) is 9.59 Å². The number of nitrogens with one attached hydrogen (secondary N) is 1. The molecule has 2 amide bonds. The van der Waals surface area contributed by atoms with Crippen molar-refractivity contribution in [2.45, 2.75) is 64.8 Å². The molecule has 3 atom stereocenters. The SMILES string of the molecule is CC1CCN([C@@H]2CN(Cc3ccccc3)C[C@@H]2NC(=O)OC(C)(C)C)C(=O)C1. The van der Waals surface area contributed by atoms with Gasteiger partial charge < -0.3 is 15.0 Å². The number of carbonyl (C=O) groups excluding carboxylic acids is 2. The quantitative estimate of drug-likeness (QED) is 0.863. The van der Waals surface area contributed by atoms with Gasteiger partial charge in [-0.1, -0.05) is 37.3 Å². The Hall–Kier alpha value is -2.08. The van der Waals surface area contributed by atoms with E-state index in [1.54, 1.807) is 0 Å². The smallest absolute Gasteiger partial charge is 0.407 e. The zero-order chi connectivity index (χ0) is 20.3. The Balaban J connectivity index is 1.71. The van der Waals surface area contributed by atoms with Crippen LogP contribution in [0.1, 0.15) is 46.1 Å². The van der Waals surface area contributed by atoms with E-state index in [0.717, 1.165) is 26.1 Å². The summed E-state index contributed by atoms with van der Waals surface area (Å²) in [7, 11) is 0. The second-order valence-electron chi connectivity index (χ2n) is 9.18. The Morgan fingerprint density at radius 2 is 1.93 bits per heavy atom. The molecule has 2 aliphatic rings. The lowest BCUT2D eigenvalue weighted by atomic mass is 9.96. The highest BCUT2D eigenvalue weighted by Gasteiger charge is 2.41. The molecule has 6 heteroatoms. The van der Waals surface area contributed by atoms with Gasteiger partial charge in [-0.2, -0.15) is 0 Å². The first kappa shape index (κ1) is 20.6. The first-order chi connectivity index (χ1) is 13.2. The zero-order valence-electron chi connectivity index (χ0n) is 17.5. The molecule has 28 heavy (non-hydrogen) atoms. The molecule has 2 saturated heterocycles. The van der Waals surface area contributed by atoms with Gasteiger partial charge in [0.1, 0.15) is 5.60 Å². The van der Waals surface area contributed by atoms with Crippen LogP contribution < -0.4 is 5.32 Å². The maximum atomic E-state index is 12.7. The molecule has 0 radical (unpaired) electrons. The van der Waals surface area contributed by atoms with E-state index in [1.165, 1.54) is 5.56 Å². The predicted octanol–water partition coefficient (Wildman–Crippen LogP) is 3.02. The van der Waals surface area contributed by atoms with Crippen LogP contribution >= 0.6 is 0 Å². The highest BCUT2D eigenvalue weighted by Crippen LogP contribution is 2.25. The molecule has 0 aliphatic carbocycles. The van der Waals surface area contributed by atoms with Crippen molar-refractivity contribution in [3.05, 3.63) is 35.9 Å². The third-order valence-electron chi connectivity index (χ3n) is 5.42. The molecule has 1 aromatic rings. The molecule has 0 aromatic heterocycles.